The van der Waals surface area contributed by atoms with Gasteiger partial charge in [-0.25, -0.2) is 0 Å². The highest BCUT2D eigenvalue weighted by molar-refractivity contribution is 5.93. The van der Waals surface area contributed by atoms with Crippen molar-refractivity contribution < 1.29 is 4.79 Å². The van der Waals surface area contributed by atoms with E-state index in [1.54, 1.807) is 0 Å². The fourth-order valence-electron chi connectivity index (χ4n) is 2.20. The Hall–Kier alpha value is -0.850. The lowest BCUT2D eigenvalue weighted by molar-refractivity contribution is -0.111. The van der Waals surface area contributed by atoms with Crippen molar-refractivity contribution in [2.45, 2.75) is 59.9 Å². The Morgan fingerprint density at radius 1 is 1.30 bits per heavy atom. The highest BCUT2D eigenvalue weighted by Crippen LogP contribution is 2.16. The molecule has 0 unspecified atom stereocenters. The van der Waals surface area contributed by atoms with Crippen LogP contribution in [0.5, 0.6) is 0 Å². The Morgan fingerprint density at radius 2 is 1.90 bits per heavy atom. The Morgan fingerprint density at radius 3 is 2.40 bits per heavy atom. The summed E-state index contributed by atoms with van der Waals surface area (Å²) in [5.41, 5.74) is 0. The van der Waals surface area contributed by atoms with Crippen molar-refractivity contribution in [3.05, 3.63) is 0 Å². The van der Waals surface area contributed by atoms with Crippen molar-refractivity contribution >= 4 is 5.78 Å². The molecule has 1 heterocycles. The topological polar surface area (TPSA) is 32.3 Å². The zero-order chi connectivity index (χ0) is 15.4. The number of nitrogens with zero attached hydrogens (tertiary/aromatic N) is 1. The van der Waals surface area contributed by atoms with Crippen molar-refractivity contribution in [3.8, 4) is 11.8 Å². The van der Waals surface area contributed by atoms with Gasteiger partial charge in [0.05, 0.1) is 0 Å². The molecule has 0 radical (unpaired) electrons. The number of likely N-dealkylation sites (tertiary alicyclic amines) is 1. The first-order chi connectivity index (χ1) is 9.58. The molecular formula is C17H32N2O. The minimum absolute atomic E-state index is 0.0165. The fraction of sp³-hybridized carbons (Fsp3) is 0.824. The summed E-state index contributed by atoms with van der Waals surface area (Å²) >= 11 is 0. The van der Waals surface area contributed by atoms with E-state index in [1.807, 2.05) is 13.8 Å². The van der Waals surface area contributed by atoms with Crippen LogP contribution in [0.25, 0.3) is 0 Å². The lowest BCUT2D eigenvalue weighted by atomic mass is 9.97. The number of piperidine rings is 1. The van der Waals surface area contributed by atoms with E-state index in [0.717, 1.165) is 32.5 Å². The zero-order valence-corrected chi connectivity index (χ0v) is 14.0. The van der Waals surface area contributed by atoms with Crippen molar-refractivity contribution in [2.24, 2.45) is 5.92 Å². The summed E-state index contributed by atoms with van der Waals surface area (Å²) in [6.07, 6.45) is 3.43. The zero-order valence-electron chi connectivity index (χ0n) is 14.0. The molecule has 0 atom stereocenters. The summed E-state index contributed by atoms with van der Waals surface area (Å²) in [7, 11) is 0. The Bertz CT molecular complexity index is 307. The summed E-state index contributed by atoms with van der Waals surface area (Å²) in [6, 6.07) is 0.581. The summed E-state index contributed by atoms with van der Waals surface area (Å²) in [4.78, 5) is 13.3. The first kappa shape index (κ1) is 19.1. The van der Waals surface area contributed by atoms with Gasteiger partial charge in [0.15, 0.2) is 0 Å². The normalized spacial score (nSPS) is 16.1. The molecular weight excluding hydrogens is 248 g/mol. The molecule has 0 saturated carbocycles. The van der Waals surface area contributed by atoms with Gasteiger partial charge in [-0.05, 0) is 51.4 Å². The van der Waals surface area contributed by atoms with Crippen LogP contribution in [0.3, 0.4) is 0 Å². The average Bonchev–Trinajstić information content (AvgIpc) is 2.44. The predicted molar refractivity (Wildman–Crippen MR) is 86.7 cm³/mol. The minimum Gasteiger partial charge on any atom is -0.314 e. The van der Waals surface area contributed by atoms with E-state index < -0.39 is 0 Å². The van der Waals surface area contributed by atoms with Crippen LogP contribution in [-0.4, -0.2) is 42.9 Å². The van der Waals surface area contributed by atoms with E-state index >= 15 is 0 Å². The maximum atomic E-state index is 10.8. The van der Waals surface area contributed by atoms with Crippen LogP contribution in [0, 0.1) is 17.8 Å². The number of Topliss-reactive ketones (excluding diaryl/α,β-unsaturated/α-hetero) is 1. The maximum Gasteiger partial charge on any atom is 0.202 e. The standard InChI is InChI=1S/C15H26N2O.C2H6/c1-13(2)16-9-4-10-17-11-7-15(8-12-17)6-5-14(3)18;1-2/h13,15-16H,4,7-12H2,1-3H3;1-2H3. The van der Waals surface area contributed by atoms with Crippen molar-refractivity contribution in [1.29, 1.82) is 0 Å². The van der Waals surface area contributed by atoms with Crippen LogP contribution in [0.2, 0.25) is 0 Å². The first-order valence-corrected chi connectivity index (χ1v) is 8.05. The number of hydrogen-bond donors (Lipinski definition) is 1. The van der Waals surface area contributed by atoms with Gasteiger partial charge in [-0.1, -0.05) is 33.6 Å². The van der Waals surface area contributed by atoms with Gasteiger partial charge in [-0.15, -0.1) is 0 Å². The molecule has 1 aliphatic heterocycles. The van der Waals surface area contributed by atoms with E-state index in [-0.39, 0.29) is 5.78 Å². The van der Waals surface area contributed by atoms with Gasteiger partial charge in [-0.2, -0.15) is 0 Å². The number of nitrogens with one attached hydrogen (secondary N) is 1. The second kappa shape index (κ2) is 11.9. The second-order valence-corrected chi connectivity index (χ2v) is 5.40. The SMILES string of the molecule is CC.CC(=O)C#CC1CCN(CCCNC(C)C)CC1. The van der Waals surface area contributed by atoms with Crippen LogP contribution in [0.4, 0.5) is 0 Å². The highest BCUT2D eigenvalue weighted by Gasteiger charge is 2.16. The van der Waals surface area contributed by atoms with E-state index in [9.17, 15) is 4.79 Å². The lowest BCUT2D eigenvalue weighted by Crippen LogP contribution is -2.35. The lowest BCUT2D eigenvalue weighted by Gasteiger charge is -2.29. The van der Waals surface area contributed by atoms with Gasteiger partial charge in [0.1, 0.15) is 0 Å². The van der Waals surface area contributed by atoms with Gasteiger partial charge >= 0.3 is 0 Å². The third-order valence-corrected chi connectivity index (χ3v) is 3.24. The van der Waals surface area contributed by atoms with E-state index in [1.165, 1.54) is 19.9 Å². The van der Waals surface area contributed by atoms with Crippen LogP contribution in [0.1, 0.15) is 53.9 Å². The van der Waals surface area contributed by atoms with Crippen LogP contribution >= 0.6 is 0 Å². The molecule has 1 N–H and O–H groups in total. The van der Waals surface area contributed by atoms with Crippen LogP contribution < -0.4 is 5.32 Å². The van der Waals surface area contributed by atoms with Gasteiger partial charge < -0.3 is 10.2 Å². The quantitative estimate of drug-likeness (QED) is 0.477. The number of ketones is 1. The molecule has 1 rings (SSSR count). The molecule has 0 amide bonds. The largest absolute Gasteiger partial charge is 0.314 e. The molecule has 0 aromatic carbocycles. The highest BCUT2D eigenvalue weighted by atomic mass is 16.1. The molecule has 1 saturated heterocycles. The fourth-order valence-corrected chi connectivity index (χ4v) is 2.20. The van der Waals surface area contributed by atoms with Crippen LogP contribution in [0.15, 0.2) is 0 Å². The molecule has 0 aromatic rings. The summed E-state index contributed by atoms with van der Waals surface area (Å²) in [5, 5.41) is 3.44. The molecule has 116 valence electrons. The van der Waals surface area contributed by atoms with Crippen molar-refractivity contribution in [2.75, 3.05) is 26.2 Å². The number of carbonyl (C=O) groups excluding carboxylic acids is 1. The van der Waals surface area contributed by atoms with Crippen molar-refractivity contribution in [1.82, 2.24) is 10.2 Å². The van der Waals surface area contributed by atoms with Gasteiger partial charge in [0.2, 0.25) is 5.78 Å². The van der Waals surface area contributed by atoms with Gasteiger partial charge in [-0.3, -0.25) is 4.79 Å². The van der Waals surface area contributed by atoms with Gasteiger partial charge in [0, 0.05) is 18.9 Å². The molecule has 0 spiro atoms. The predicted octanol–water partition coefficient (Wildman–Crippen LogP) is 2.71. The molecule has 1 fully saturated rings. The third-order valence-electron chi connectivity index (χ3n) is 3.24. The number of carbonyl (C=O) groups is 1. The Kier molecular flexibility index (Phi) is 11.4. The average molecular weight is 280 g/mol. The third kappa shape index (κ3) is 10.00. The summed E-state index contributed by atoms with van der Waals surface area (Å²) in [6.45, 7) is 14.4. The summed E-state index contributed by atoms with van der Waals surface area (Å²) in [5.74, 6) is 6.18. The molecule has 0 aliphatic carbocycles. The first-order valence-electron chi connectivity index (χ1n) is 8.05. The number of rotatable bonds is 5. The summed E-state index contributed by atoms with van der Waals surface area (Å²) < 4.78 is 0. The molecule has 20 heavy (non-hydrogen) atoms. The smallest absolute Gasteiger partial charge is 0.202 e. The molecule has 3 nitrogen and oxygen atoms in total. The monoisotopic (exact) mass is 280 g/mol. The van der Waals surface area contributed by atoms with Crippen molar-refractivity contribution in [3.63, 3.8) is 0 Å². The molecule has 0 aromatic heterocycles. The van der Waals surface area contributed by atoms with E-state index in [4.69, 9.17) is 0 Å². The second-order valence-electron chi connectivity index (χ2n) is 5.40. The molecule has 3 heteroatoms. The van der Waals surface area contributed by atoms with E-state index in [0.29, 0.717) is 12.0 Å². The van der Waals surface area contributed by atoms with Crippen LogP contribution in [-0.2, 0) is 4.79 Å². The van der Waals surface area contributed by atoms with Gasteiger partial charge in [0.25, 0.3) is 0 Å². The number of hydrogen-bond acceptors (Lipinski definition) is 3. The molecule has 0 bridgehead atoms. The Balaban J connectivity index is 0.00000172. The minimum atomic E-state index is -0.0165. The van der Waals surface area contributed by atoms with E-state index in [2.05, 4.69) is 35.9 Å². The maximum absolute atomic E-state index is 10.8. The Labute approximate surface area is 125 Å². The molecule has 1 aliphatic rings.